The topological polar surface area (TPSA) is 61.4 Å². The van der Waals surface area contributed by atoms with Crippen molar-refractivity contribution in [1.29, 1.82) is 0 Å². The average molecular weight is 397 g/mol. The summed E-state index contributed by atoms with van der Waals surface area (Å²) in [6.45, 7) is 7.90. The van der Waals surface area contributed by atoms with E-state index in [2.05, 4.69) is 22.5 Å². The number of carbonyl (C=O) groups excluding carboxylic acids is 2. The van der Waals surface area contributed by atoms with Crippen LogP contribution in [0.25, 0.3) is 0 Å². The Balaban J connectivity index is 1.86. The van der Waals surface area contributed by atoms with Crippen molar-refractivity contribution in [3.8, 4) is 0 Å². The monoisotopic (exact) mass is 397 g/mol. The quantitative estimate of drug-likeness (QED) is 0.783. The average Bonchev–Trinajstić information content (AvgIpc) is 2.68. The predicted molar refractivity (Wildman–Crippen MR) is 114 cm³/mol. The molecule has 0 aromatic heterocycles. The molecule has 0 bridgehead atoms. The number of halogens is 1. The molecule has 1 aliphatic rings. The Labute approximate surface area is 171 Å². The number of piperidine rings is 1. The van der Waals surface area contributed by atoms with Crippen LogP contribution in [0.3, 0.4) is 0 Å². The lowest BCUT2D eigenvalue weighted by Gasteiger charge is -2.33. The van der Waals surface area contributed by atoms with Crippen molar-refractivity contribution in [1.82, 2.24) is 5.32 Å². The van der Waals surface area contributed by atoms with E-state index >= 15 is 0 Å². The van der Waals surface area contributed by atoms with Crippen LogP contribution in [0.5, 0.6) is 0 Å². The lowest BCUT2D eigenvalue weighted by Crippen LogP contribution is -2.36. The molecule has 0 unspecified atom stereocenters. The van der Waals surface area contributed by atoms with Gasteiger partial charge in [-0.3, -0.25) is 9.59 Å². The molecule has 2 aromatic carbocycles. The maximum Gasteiger partial charge on any atom is 0.255 e. The number of hydrogen-bond donors (Lipinski definition) is 2. The second kappa shape index (κ2) is 9.07. The van der Waals surface area contributed by atoms with Crippen LogP contribution in [-0.2, 0) is 0 Å². The van der Waals surface area contributed by atoms with Gasteiger partial charge >= 0.3 is 0 Å². The van der Waals surface area contributed by atoms with Crippen LogP contribution in [-0.4, -0.2) is 30.9 Å². The van der Waals surface area contributed by atoms with Gasteiger partial charge in [0, 0.05) is 36.1 Å². The Morgan fingerprint density at radius 1 is 1.03 bits per heavy atom. The first-order valence-electron chi connectivity index (χ1n) is 10.1. The van der Waals surface area contributed by atoms with E-state index in [0.29, 0.717) is 22.7 Å². The van der Waals surface area contributed by atoms with Gasteiger partial charge < -0.3 is 15.5 Å². The van der Waals surface area contributed by atoms with Crippen molar-refractivity contribution in [3.63, 3.8) is 0 Å². The molecular formula is C23H28FN3O2. The molecule has 0 spiro atoms. The fourth-order valence-electron chi connectivity index (χ4n) is 3.47. The number of benzene rings is 2. The molecule has 3 rings (SSSR count). The molecular weight excluding hydrogens is 369 g/mol. The Hall–Kier alpha value is -2.89. The number of carbonyl (C=O) groups is 2. The van der Waals surface area contributed by atoms with Crippen LogP contribution in [0.2, 0.25) is 0 Å². The molecule has 1 fully saturated rings. The predicted octanol–water partition coefficient (Wildman–Crippen LogP) is 4.45. The number of nitrogens with one attached hydrogen (secondary N) is 2. The zero-order chi connectivity index (χ0) is 21.0. The van der Waals surface area contributed by atoms with Crippen LogP contribution >= 0.6 is 0 Å². The fourth-order valence-corrected chi connectivity index (χ4v) is 3.47. The van der Waals surface area contributed by atoms with Crippen LogP contribution < -0.4 is 15.5 Å². The molecule has 0 saturated carbocycles. The third kappa shape index (κ3) is 5.34. The summed E-state index contributed by atoms with van der Waals surface area (Å²) >= 11 is 0. The normalized spacial score (nSPS) is 14.7. The van der Waals surface area contributed by atoms with E-state index in [1.807, 2.05) is 19.9 Å². The van der Waals surface area contributed by atoms with Crippen molar-refractivity contribution in [2.75, 3.05) is 23.3 Å². The summed E-state index contributed by atoms with van der Waals surface area (Å²) in [5.41, 5.74) is 2.32. The Morgan fingerprint density at radius 2 is 1.69 bits per heavy atom. The standard InChI is InChI=1S/C23H28FN3O2/c1-15(2)25-23(29)20-14-19(26-22(28)17-4-6-18(24)7-5-17)8-9-21(20)27-12-10-16(3)11-13-27/h4-9,14-16H,10-13H2,1-3H3,(H,25,29)(H,26,28). The number of hydrogen-bond acceptors (Lipinski definition) is 3. The second-order valence-corrected chi connectivity index (χ2v) is 7.99. The number of anilines is 2. The van der Waals surface area contributed by atoms with Gasteiger partial charge in [0.1, 0.15) is 5.82 Å². The summed E-state index contributed by atoms with van der Waals surface area (Å²) in [5, 5.41) is 5.75. The summed E-state index contributed by atoms with van der Waals surface area (Å²) in [4.78, 5) is 27.5. The Bertz CT molecular complexity index is 872. The molecule has 0 aliphatic carbocycles. The van der Waals surface area contributed by atoms with Crippen molar-refractivity contribution in [2.45, 2.75) is 39.7 Å². The number of nitrogens with zero attached hydrogens (tertiary/aromatic N) is 1. The molecule has 1 saturated heterocycles. The molecule has 0 atom stereocenters. The molecule has 29 heavy (non-hydrogen) atoms. The van der Waals surface area contributed by atoms with E-state index < -0.39 is 5.82 Å². The zero-order valence-corrected chi connectivity index (χ0v) is 17.2. The van der Waals surface area contributed by atoms with Gasteiger partial charge in [-0.1, -0.05) is 6.92 Å². The number of rotatable bonds is 5. The summed E-state index contributed by atoms with van der Waals surface area (Å²) in [6, 6.07) is 10.8. The molecule has 1 aliphatic heterocycles. The highest BCUT2D eigenvalue weighted by molar-refractivity contribution is 6.06. The third-order valence-corrected chi connectivity index (χ3v) is 5.15. The first-order valence-corrected chi connectivity index (χ1v) is 10.1. The molecule has 154 valence electrons. The molecule has 2 aromatic rings. The molecule has 2 amide bonds. The van der Waals surface area contributed by atoms with Crippen LogP contribution in [0, 0.1) is 11.7 Å². The molecule has 6 heteroatoms. The largest absolute Gasteiger partial charge is 0.371 e. The van der Waals surface area contributed by atoms with Crippen molar-refractivity contribution in [3.05, 3.63) is 59.4 Å². The molecule has 2 N–H and O–H groups in total. The first-order chi connectivity index (χ1) is 13.8. The SMILES string of the molecule is CC1CCN(c2ccc(NC(=O)c3ccc(F)cc3)cc2C(=O)NC(C)C)CC1. The van der Waals surface area contributed by atoms with Crippen molar-refractivity contribution in [2.24, 2.45) is 5.92 Å². The van der Waals surface area contributed by atoms with E-state index in [1.54, 1.807) is 12.1 Å². The highest BCUT2D eigenvalue weighted by Gasteiger charge is 2.22. The summed E-state index contributed by atoms with van der Waals surface area (Å²) < 4.78 is 13.1. The zero-order valence-electron chi connectivity index (χ0n) is 17.2. The maximum absolute atomic E-state index is 13.1. The van der Waals surface area contributed by atoms with Gasteiger partial charge in [0.2, 0.25) is 0 Å². The van der Waals surface area contributed by atoms with E-state index in [-0.39, 0.29) is 17.9 Å². The summed E-state index contributed by atoms with van der Waals surface area (Å²) in [6.07, 6.45) is 2.18. The van der Waals surface area contributed by atoms with Gasteiger partial charge in [0.05, 0.1) is 5.56 Å². The molecule has 0 radical (unpaired) electrons. The first kappa shape index (κ1) is 20.8. The lowest BCUT2D eigenvalue weighted by molar-refractivity contribution is 0.0942. The molecule has 1 heterocycles. The second-order valence-electron chi connectivity index (χ2n) is 7.99. The Morgan fingerprint density at radius 3 is 2.31 bits per heavy atom. The minimum atomic E-state index is -0.394. The van der Waals surface area contributed by atoms with Crippen molar-refractivity contribution >= 4 is 23.2 Å². The van der Waals surface area contributed by atoms with Gasteiger partial charge in [0.25, 0.3) is 11.8 Å². The van der Waals surface area contributed by atoms with Crippen LogP contribution in [0.4, 0.5) is 15.8 Å². The van der Waals surface area contributed by atoms with Gasteiger partial charge in [0.15, 0.2) is 0 Å². The highest BCUT2D eigenvalue weighted by atomic mass is 19.1. The van der Waals surface area contributed by atoms with Gasteiger partial charge in [-0.2, -0.15) is 0 Å². The van der Waals surface area contributed by atoms with E-state index in [4.69, 9.17) is 0 Å². The summed E-state index contributed by atoms with van der Waals surface area (Å²) in [7, 11) is 0. The van der Waals surface area contributed by atoms with E-state index in [9.17, 15) is 14.0 Å². The van der Waals surface area contributed by atoms with Crippen molar-refractivity contribution < 1.29 is 14.0 Å². The van der Waals surface area contributed by atoms with Gasteiger partial charge in [-0.25, -0.2) is 4.39 Å². The minimum absolute atomic E-state index is 0.00851. The fraction of sp³-hybridized carbons (Fsp3) is 0.391. The maximum atomic E-state index is 13.1. The van der Waals surface area contributed by atoms with E-state index in [0.717, 1.165) is 31.6 Å². The van der Waals surface area contributed by atoms with Gasteiger partial charge in [-0.05, 0) is 75.1 Å². The molecule has 5 nitrogen and oxygen atoms in total. The Kier molecular flexibility index (Phi) is 6.52. The number of amides is 2. The third-order valence-electron chi connectivity index (χ3n) is 5.15. The smallest absolute Gasteiger partial charge is 0.255 e. The van der Waals surface area contributed by atoms with Crippen LogP contribution in [0.15, 0.2) is 42.5 Å². The highest BCUT2D eigenvalue weighted by Crippen LogP contribution is 2.29. The summed E-state index contributed by atoms with van der Waals surface area (Å²) in [5.74, 6) is -0.214. The van der Waals surface area contributed by atoms with Gasteiger partial charge in [-0.15, -0.1) is 0 Å². The minimum Gasteiger partial charge on any atom is -0.371 e. The van der Waals surface area contributed by atoms with Crippen LogP contribution in [0.1, 0.15) is 54.3 Å². The van der Waals surface area contributed by atoms with E-state index in [1.165, 1.54) is 24.3 Å². The lowest BCUT2D eigenvalue weighted by atomic mass is 9.97.